The first-order valence-corrected chi connectivity index (χ1v) is 8.83. The van der Waals surface area contributed by atoms with E-state index in [-0.39, 0.29) is 18.9 Å². The predicted molar refractivity (Wildman–Crippen MR) is 100 cm³/mol. The molecule has 0 aliphatic heterocycles. The van der Waals surface area contributed by atoms with E-state index in [1.807, 2.05) is 0 Å². The van der Waals surface area contributed by atoms with Crippen LogP contribution in [0.15, 0.2) is 30.3 Å². The minimum absolute atomic E-state index is 0.192. The highest BCUT2D eigenvalue weighted by Crippen LogP contribution is 2.29. The van der Waals surface area contributed by atoms with Crippen molar-refractivity contribution >= 4 is 28.9 Å². The third-order valence-electron chi connectivity index (χ3n) is 3.52. The topological polar surface area (TPSA) is 66.8 Å². The number of rotatable bonds is 6. The molecule has 0 spiro atoms. The SMILES string of the molecule is CCOC(=O)/C=C/c1cc2cc(OC(F)(F)F)ccc2n1CC(=O)OC(C)(C)C. The van der Waals surface area contributed by atoms with Crippen LogP contribution in [-0.2, 0) is 25.6 Å². The van der Waals surface area contributed by atoms with Gasteiger partial charge >= 0.3 is 18.3 Å². The van der Waals surface area contributed by atoms with Gasteiger partial charge in [0.1, 0.15) is 17.9 Å². The normalized spacial score (nSPS) is 12.4. The first-order valence-electron chi connectivity index (χ1n) is 8.83. The van der Waals surface area contributed by atoms with E-state index >= 15 is 0 Å². The molecule has 29 heavy (non-hydrogen) atoms. The zero-order valence-electron chi connectivity index (χ0n) is 16.5. The van der Waals surface area contributed by atoms with Crippen LogP contribution >= 0.6 is 0 Å². The molecule has 0 unspecified atom stereocenters. The number of carbonyl (C=O) groups is 2. The number of carbonyl (C=O) groups excluding carboxylic acids is 2. The average molecular weight is 413 g/mol. The van der Waals surface area contributed by atoms with Gasteiger partial charge in [0.2, 0.25) is 0 Å². The molecule has 0 radical (unpaired) electrons. The van der Waals surface area contributed by atoms with E-state index in [1.165, 1.54) is 28.9 Å². The van der Waals surface area contributed by atoms with Gasteiger partial charge in [0.25, 0.3) is 0 Å². The molecule has 0 amide bonds. The lowest BCUT2D eigenvalue weighted by Gasteiger charge is -2.20. The maximum absolute atomic E-state index is 12.5. The molecule has 1 heterocycles. The quantitative estimate of drug-likeness (QED) is 0.517. The first kappa shape index (κ1) is 22.3. The third kappa shape index (κ3) is 6.85. The second-order valence-electron chi connectivity index (χ2n) is 7.10. The van der Waals surface area contributed by atoms with Crippen LogP contribution in [0.25, 0.3) is 17.0 Å². The van der Waals surface area contributed by atoms with Crippen molar-refractivity contribution < 1.29 is 37.0 Å². The van der Waals surface area contributed by atoms with Crippen molar-refractivity contribution in [2.75, 3.05) is 6.61 Å². The van der Waals surface area contributed by atoms with Crippen LogP contribution in [0.5, 0.6) is 5.75 Å². The molecule has 0 atom stereocenters. The van der Waals surface area contributed by atoms with Gasteiger partial charge in [-0.15, -0.1) is 13.2 Å². The Morgan fingerprint density at radius 3 is 2.41 bits per heavy atom. The number of esters is 2. The van der Waals surface area contributed by atoms with Crippen molar-refractivity contribution in [3.8, 4) is 5.75 Å². The predicted octanol–water partition coefficient (Wildman–Crippen LogP) is 4.46. The molecule has 0 fully saturated rings. The Morgan fingerprint density at radius 1 is 1.14 bits per heavy atom. The number of ether oxygens (including phenoxy) is 3. The largest absolute Gasteiger partial charge is 0.573 e. The number of nitrogens with zero attached hydrogens (tertiary/aromatic N) is 1. The molecule has 0 saturated heterocycles. The molecule has 0 aliphatic rings. The fraction of sp³-hybridized carbons (Fsp3) is 0.400. The Labute approximate surface area is 165 Å². The fourth-order valence-corrected chi connectivity index (χ4v) is 2.63. The molecule has 158 valence electrons. The second-order valence-corrected chi connectivity index (χ2v) is 7.10. The summed E-state index contributed by atoms with van der Waals surface area (Å²) in [5.74, 6) is -1.50. The number of fused-ring (bicyclic) bond motifs is 1. The molecule has 1 aromatic carbocycles. The van der Waals surface area contributed by atoms with Gasteiger partial charge < -0.3 is 18.8 Å². The summed E-state index contributed by atoms with van der Waals surface area (Å²) in [6.45, 7) is 6.83. The number of aromatic nitrogens is 1. The molecule has 2 aromatic rings. The van der Waals surface area contributed by atoms with Gasteiger partial charge in [-0.2, -0.15) is 0 Å². The van der Waals surface area contributed by atoms with Gasteiger partial charge in [-0.25, -0.2) is 4.79 Å². The van der Waals surface area contributed by atoms with E-state index in [2.05, 4.69) is 4.74 Å². The summed E-state index contributed by atoms with van der Waals surface area (Å²) in [7, 11) is 0. The van der Waals surface area contributed by atoms with Crippen molar-refractivity contribution in [2.24, 2.45) is 0 Å². The van der Waals surface area contributed by atoms with Crippen molar-refractivity contribution in [3.63, 3.8) is 0 Å². The summed E-state index contributed by atoms with van der Waals surface area (Å²) in [5.41, 5.74) is 0.200. The highest BCUT2D eigenvalue weighted by Gasteiger charge is 2.31. The van der Waals surface area contributed by atoms with Crippen molar-refractivity contribution in [3.05, 3.63) is 36.0 Å². The van der Waals surface area contributed by atoms with Gasteiger partial charge in [0.05, 0.1) is 6.61 Å². The molecule has 9 heteroatoms. The van der Waals surface area contributed by atoms with Gasteiger partial charge in [0, 0.05) is 22.7 Å². The summed E-state index contributed by atoms with van der Waals surface area (Å²) in [5, 5.41) is 0.402. The number of alkyl halides is 3. The maximum atomic E-state index is 12.5. The van der Waals surface area contributed by atoms with E-state index in [1.54, 1.807) is 33.8 Å². The molecule has 6 nitrogen and oxygen atoms in total. The number of hydrogen-bond donors (Lipinski definition) is 0. The molecule has 0 bridgehead atoms. The fourth-order valence-electron chi connectivity index (χ4n) is 2.63. The van der Waals surface area contributed by atoms with Crippen LogP contribution in [0.1, 0.15) is 33.4 Å². The molecular formula is C20H22F3NO5. The summed E-state index contributed by atoms with van der Waals surface area (Å²) in [4.78, 5) is 23.9. The Morgan fingerprint density at radius 2 is 1.83 bits per heavy atom. The van der Waals surface area contributed by atoms with Crippen LogP contribution in [0, 0.1) is 0 Å². The lowest BCUT2D eigenvalue weighted by molar-refractivity contribution is -0.274. The minimum Gasteiger partial charge on any atom is -0.463 e. The van der Waals surface area contributed by atoms with Crippen molar-refractivity contribution in [1.82, 2.24) is 4.57 Å². The molecule has 0 N–H and O–H groups in total. The summed E-state index contributed by atoms with van der Waals surface area (Å²) < 4.78 is 53.1. The number of halogens is 3. The van der Waals surface area contributed by atoms with E-state index < -0.39 is 23.9 Å². The van der Waals surface area contributed by atoms with Crippen LogP contribution in [0.2, 0.25) is 0 Å². The summed E-state index contributed by atoms with van der Waals surface area (Å²) >= 11 is 0. The van der Waals surface area contributed by atoms with Crippen LogP contribution in [-0.4, -0.2) is 35.1 Å². The Kier molecular flexibility index (Phi) is 6.61. The molecule has 1 aromatic heterocycles. The van der Waals surface area contributed by atoms with Gasteiger partial charge in [-0.05, 0) is 58.0 Å². The zero-order valence-corrected chi connectivity index (χ0v) is 16.5. The van der Waals surface area contributed by atoms with E-state index in [0.717, 1.165) is 6.07 Å². The lowest BCUT2D eigenvalue weighted by Crippen LogP contribution is -2.26. The lowest BCUT2D eigenvalue weighted by atomic mass is 10.2. The summed E-state index contributed by atoms with van der Waals surface area (Å²) in [6, 6.07) is 5.30. The minimum atomic E-state index is -4.82. The van der Waals surface area contributed by atoms with E-state index in [9.17, 15) is 22.8 Å². The van der Waals surface area contributed by atoms with Gasteiger partial charge in [-0.1, -0.05) is 0 Å². The summed E-state index contributed by atoms with van der Waals surface area (Å²) in [6.07, 6.45) is -2.22. The molecule has 0 saturated carbocycles. The molecule has 2 rings (SSSR count). The first-order chi connectivity index (χ1) is 13.4. The highest BCUT2D eigenvalue weighted by atomic mass is 19.4. The van der Waals surface area contributed by atoms with Crippen molar-refractivity contribution in [2.45, 2.75) is 46.2 Å². The third-order valence-corrected chi connectivity index (χ3v) is 3.52. The standard InChI is InChI=1S/C20H22F3NO5/c1-5-27-17(25)9-6-14-10-13-11-15(28-20(21,22)23)7-8-16(13)24(14)12-18(26)29-19(2,3)4/h6-11H,5,12H2,1-4H3/b9-6+. The number of benzene rings is 1. The van der Waals surface area contributed by atoms with Crippen LogP contribution < -0.4 is 4.74 Å². The van der Waals surface area contributed by atoms with E-state index in [0.29, 0.717) is 16.6 Å². The zero-order chi connectivity index (χ0) is 21.8. The van der Waals surface area contributed by atoms with Gasteiger partial charge in [-0.3, -0.25) is 4.79 Å². The van der Waals surface area contributed by atoms with Crippen LogP contribution in [0.4, 0.5) is 13.2 Å². The smallest absolute Gasteiger partial charge is 0.463 e. The monoisotopic (exact) mass is 413 g/mol. The van der Waals surface area contributed by atoms with E-state index in [4.69, 9.17) is 9.47 Å². The Bertz CT molecular complexity index is 923. The Hall–Kier alpha value is -2.97. The molecular weight excluding hydrogens is 391 g/mol. The van der Waals surface area contributed by atoms with Gasteiger partial charge in [0.15, 0.2) is 0 Å². The van der Waals surface area contributed by atoms with Crippen LogP contribution in [0.3, 0.4) is 0 Å². The number of hydrogen-bond acceptors (Lipinski definition) is 5. The second kappa shape index (κ2) is 8.59. The highest BCUT2D eigenvalue weighted by molar-refractivity contribution is 5.90. The average Bonchev–Trinajstić information content (AvgIpc) is 2.87. The Balaban J connectivity index is 2.44. The molecule has 0 aliphatic carbocycles. The van der Waals surface area contributed by atoms with Crippen molar-refractivity contribution in [1.29, 1.82) is 0 Å². The maximum Gasteiger partial charge on any atom is 0.573 e.